The molecule has 0 radical (unpaired) electrons. The molecule has 1 amide bonds. The molecule has 0 saturated heterocycles. The standard InChI is InChI=1S/C17H19N5O3S/c1-11(16(23)22-17(18)19)9-12-5-7-13(8-6-12)21-14-3-2-4-15(10-14)26(20,24)25/h2-10,21H,1H3,(H2,20,24,25)(H4,18,19,22,23)/b11-9+. The van der Waals surface area contributed by atoms with Crippen LogP contribution in [0.4, 0.5) is 11.4 Å². The van der Waals surface area contributed by atoms with E-state index in [1.54, 1.807) is 49.4 Å². The Kier molecular flexibility index (Phi) is 5.75. The summed E-state index contributed by atoms with van der Waals surface area (Å²) in [4.78, 5) is 11.7. The number of hydrogen-bond donors (Lipinski definition) is 5. The molecule has 0 aliphatic carbocycles. The van der Waals surface area contributed by atoms with Gasteiger partial charge < -0.3 is 11.1 Å². The molecule has 0 atom stereocenters. The molecule has 0 aliphatic rings. The molecule has 2 aromatic rings. The van der Waals surface area contributed by atoms with Crippen LogP contribution < -0.4 is 21.5 Å². The van der Waals surface area contributed by atoms with Gasteiger partial charge in [0.15, 0.2) is 5.96 Å². The summed E-state index contributed by atoms with van der Waals surface area (Å²) in [6, 6.07) is 13.3. The fraction of sp³-hybridized carbons (Fsp3) is 0.0588. The predicted octanol–water partition coefficient (Wildman–Crippen LogP) is 1.49. The number of primary sulfonamides is 1. The monoisotopic (exact) mass is 373 g/mol. The van der Waals surface area contributed by atoms with Gasteiger partial charge in [0.2, 0.25) is 10.0 Å². The number of carbonyl (C=O) groups is 1. The minimum absolute atomic E-state index is 0.0224. The molecule has 0 aromatic heterocycles. The largest absolute Gasteiger partial charge is 0.370 e. The maximum Gasteiger partial charge on any atom is 0.253 e. The van der Waals surface area contributed by atoms with E-state index in [9.17, 15) is 13.2 Å². The number of benzene rings is 2. The summed E-state index contributed by atoms with van der Waals surface area (Å²) in [6.45, 7) is 1.61. The Morgan fingerprint density at radius 3 is 2.35 bits per heavy atom. The minimum Gasteiger partial charge on any atom is -0.370 e. The molecule has 0 bridgehead atoms. The van der Waals surface area contributed by atoms with Crippen LogP contribution >= 0.6 is 0 Å². The molecule has 0 aliphatic heterocycles. The summed E-state index contributed by atoms with van der Waals surface area (Å²) in [5.74, 6) is -0.858. The predicted molar refractivity (Wildman–Crippen MR) is 101 cm³/mol. The average molecular weight is 373 g/mol. The fourth-order valence-electron chi connectivity index (χ4n) is 2.12. The summed E-state index contributed by atoms with van der Waals surface area (Å²) in [6.07, 6.45) is 1.66. The van der Waals surface area contributed by atoms with Gasteiger partial charge in [-0.25, -0.2) is 13.6 Å². The maximum absolute atomic E-state index is 11.7. The van der Waals surface area contributed by atoms with Crippen LogP contribution in [0.25, 0.3) is 6.08 Å². The summed E-state index contributed by atoms with van der Waals surface area (Å²) in [5.41, 5.74) is 7.63. The topological polar surface area (TPSA) is 151 Å². The van der Waals surface area contributed by atoms with Gasteiger partial charge >= 0.3 is 0 Å². The molecule has 0 heterocycles. The number of nitrogens with two attached hydrogens (primary N) is 2. The van der Waals surface area contributed by atoms with Crippen molar-refractivity contribution < 1.29 is 13.2 Å². The van der Waals surface area contributed by atoms with Crippen LogP contribution in [0, 0.1) is 5.41 Å². The Morgan fingerprint density at radius 1 is 1.12 bits per heavy atom. The average Bonchev–Trinajstić information content (AvgIpc) is 2.55. The zero-order valence-electron chi connectivity index (χ0n) is 14.0. The fourth-order valence-corrected chi connectivity index (χ4v) is 2.68. The lowest BCUT2D eigenvalue weighted by Crippen LogP contribution is -2.36. The van der Waals surface area contributed by atoms with Crippen molar-refractivity contribution in [2.45, 2.75) is 11.8 Å². The van der Waals surface area contributed by atoms with Crippen molar-refractivity contribution in [1.82, 2.24) is 5.32 Å². The number of guanidine groups is 1. The van der Waals surface area contributed by atoms with Gasteiger partial charge in [-0.05, 0) is 48.9 Å². The van der Waals surface area contributed by atoms with E-state index >= 15 is 0 Å². The normalized spacial score (nSPS) is 11.7. The highest BCUT2D eigenvalue weighted by Crippen LogP contribution is 2.20. The van der Waals surface area contributed by atoms with E-state index in [4.69, 9.17) is 16.3 Å². The summed E-state index contributed by atoms with van der Waals surface area (Å²) in [5, 5.41) is 17.5. The van der Waals surface area contributed by atoms with Crippen molar-refractivity contribution in [3.63, 3.8) is 0 Å². The molecule has 26 heavy (non-hydrogen) atoms. The van der Waals surface area contributed by atoms with Gasteiger partial charge in [-0.3, -0.25) is 15.5 Å². The van der Waals surface area contributed by atoms with E-state index in [-0.39, 0.29) is 4.90 Å². The second-order valence-electron chi connectivity index (χ2n) is 5.51. The lowest BCUT2D eigenvalue weighted by molar-refractivity contribution is -0.116. The number of carbonyl (C=O) groups excluding carboxylic acids is 1. The van der Waals surface area contributed by atoms with Crippen molar-refractivity contribution in [2.24, 2.45) is 10.9 Å². The van der Waals surface area contributed by atoms with Gasteiger partial charge in [-0.2, -0.15) is 0 Å². The highest BCUT2D eigenvalue weighted by Gasteiger charge is 2.08. The van der Waals surface area contributed by atoms with Gasteiger partial charge in [0.25, 0.3) is 5.91 Å². The molecule has 8 nitrogen and oxygen atoms in total. The lowest BCUT2D eigenvalue weighted by atomic mass is 10.1. The van der Waals surface area contributed by atoms with Crippen molar-refractivity contribution >= 4 is 39.3 Å². The second kappa shape index (κ2) is 7.81. The quantitative estimate of drug-likeness (QED) is 0.305. The number of anilines is 2. The van der Waals surface area contributed by atoms with E-state index < -0.39 is 21.9 Å². The SMILES string of the molecule is C/C(=C\c1ccc(Nc2cccc(S(N)(=O)=O)c2)cc1)C(=O)NC(=N)N. The molecule has 0 fully saturated rings. The third-order valence-corrected chi connectivity index (χ3v) is 4.26. The Bertz CT molecular complexity index is 966. The zero-order chi connectivity index (χ0) is 19.3. The van der Waals surface area contributed by atoms with Gasteiger partial charge in [0.05, 0.1) is 4.90 Å². The van der Waals surface area contributed by atoms with Crippen LogP contribution in [0.5, 0.6) is 0 Å². The number of hydrogen-bond acceptors (Lipinski definition) is 5. The smallest absolute Gasteiger partial charge is 0.253 e. The molecular weight excluding hydrogens is 354 g/mol. The molecule has 2 aromatic carbocycles. The first-order valence-corrected chi connectivity index (χ1v) is 9.03. The van der Waals surface area contributed by atoms with E-state index in [2.05, 4.69) is 10.6 Å². The Hall–Kier alpha value is -3.17. The molecule has 2 rings (SSSR count). The number of amides is 1. The highest BCUT2D eigenvalue weighted by atomic mass is 32.2. The van der Waals surface area contributed by atoms with Crippen LogP contribution in [-0.4, -0.2) is 20.3 Å². The minimum atomic E-state index is -3.76. The van der Waals surface area contributed by atoms with Gasteiger partial charge in [0, 0.05) is 16.9 Å². The molecule has 0 unspecified atom stereocenters. The van der Waals surface area contributed by atoms with Crippen LogP contribution in [-0.2, 0) is 14.8 Å². The van der Waals surface area contributed by atoms with Gasteiger partial charge in [-0.15, -0.1) is 0 Å². The van der Waals surface area contributed by atoms with Crippen molar-refractivity contribution in [2.75, 3.05) is 5.32 Å². The number of rotatable bonds is 5. The first kappa shape index (κ1) is 19.2. The molecular formula is C17H19N5O3S. The third kappa shape index (κ3) is 5.43. The summed E-state index contributed by atoms with van der Waals surface area (Å²) >= 11 is 0. The van der Waals surface area contributed by atoms with Crippen LogP contribution in [0.3, 0.4) is 0 Å². The van der Waals surface area contributed by atoms with Crippen molar-refractivity contribution in [3.05, 3.63) is 59.7 Å². The molecule has 0 saturated carbocycles. The molecule has 136 valence electrons. The van der Waals surface area contributed by atoms with Crippen molar-refractivity contribution in [3.8, 4) is 0 Å². The first-order valence-electron chi connectivity index (χ1n) is 7.49. The number of sulfonamides is 1. The summed E-state index contributed by atoms with van der Waals surface area (Å²) in [7, 11) is -3.76. The third-order valence-electron chi connectivity index (χ3n) is 3.35. The first-order chi connectivity index (χ1) is 12.1. The van der Waals surface area contributed by atoms with E-state index in [1.165, 1.54) is 12.1 Å². The molecule has 0 spiro atoms. The van der Waals surface area contributed by atoms with E-state index in [1.807, 2.05) is 0 Å². The second-order valence-corrected chi connectivity index (χ2v) is 7.08. The van der Waals surface area contributed by atoms with Gasteiger partial charge in [-0.1, -0.05) is 18.2 Å². The zero-order valence-corrected chi connectivity index (χ0v) is 14.8. The van der Waals surface area contributed by atoms with E-state index in [0.29, 0.717) is 11.3 Å². The van der Waals surface area contributed by atoms with Crippen LogP contribution in [0.2, 0.25) is 0 Å². The maximum atomic E-state index is 11.7. The molecule has 9 heteroatoms. The van der Waals surface area contributed by atoms with Crippen LogP contribution in [0.1, 0.15) is 12.5 Å². The Morgan fingerprint density at radius 2 is 1.77 bits per heavy atom. The van der Waals surface area contributed by atoms with Crippen LogP contribution in [0.15, 0.2) is 59.0 Å². The van der Waals surface area contributed by atoms with Gasteiger partial charge in [0.1, 0.15) is 0 Å². The van der Waals surface area contributed by atoms with E-state index in [0.717, 1.165) is 11.3 Å². The Labute approximate surface area is 151 Å². The number of nitrogens with one attached hydrogen (secondary N) is 3. The van der Waals surface area contributed by atoms with Crippen molar-refractivity contribution in [1.29, 1.82) is 5.41 Å². The summed E-state index contributed by atoms with van der Waals surface area (Å²) < 4.78 is 22.8. The lowest BCUT2D eigenvalue weighted by Gasteiger charge is -2.08. The highest BCUT2D eigenvalue weighted by molar-refractivity contribution is 7.89. The Balaban J connectivity index is 2.13. The molecule has 7 N–H and O–H groups in total.